The van der Waals surface area contributed by atoms with E-state index < -0.39 is 0 Å². The van der Waals surface area contributed by atoms with Gasteiger partial charge in [0, 0.05) is 44.0 Å². The summed E-state index contributed by atoms with van der Waals surface area (Å²) >= 11 is 0. The lowest BCUT2D eigenvalue weighted by molar-refractivity contribution is 0.0945. The number of ether oxygens (including phenoxy) is 1. The monoisotopic (exact) mass is 457 g/mol. The molecule has 1 aliphatic rings. The highest BCUT2D eigenvalue weighted by molar-refractivity contribution is 5.94. The molecule has 2 bridgehead atoms. The summed E-state index contributed by atoms with van der Waals surface area (Å²) < 4.78 is 6.34. The van der Waals surface area contributed by atoms with Gasteiger partial charge in [-0.05, 0) is 77.0 Å². The third-order valence-corrected chi connectivity index (χ3v) is 6.21. The highest BCUT2D eigenvalue weighted by atomic mass is 16.5. The zero-order valence-corrected chi connectivity index (χ0v) is 20.5. The van der Waals surface area contributed by atoms with Gasteiger partial charge in [0.15, 0.2) is 0 Å². The van der Waals surface area contributed by atoms with Crippen LogP contribution in [0.4, 0.5) is 0 Å². The molecule has 1 amide bonds. The summed E-state index contributed by atoms with van der Waals surface area (Å²) in [6.07, 6.45) is 5.41. The van der Waals surface area contributed by atoms with Gasteiger partial charge < -0.3 is 10.1 Å². The van der Waals surface area contributed by atoms with Crippen molar-refractivity contribution in [3.05, 3.63) is 83.7 Å². The van der Waals surface area contributed by atoms with Crippen LogP contribution in [0.25, 0.3) is 11.1 Å². The van der Waals surface area contributed by atoms with E-state index in [-0.39, 0.29) is 11.3 Å². The summed E-state index contributed by atoms with van der Waals surface area (Å²) in [6, 6.07) is 18.3. The maximum atomic E-state index is 12.8. The van der Waals surface area contributed by atoms with Crippen LogP contribution in [0.15, 0.2) is 67.0 Å². The molecule has 0 radical (unpaired) electrons. The molecule has 0 saturated heterocycles. The highest BCUT2D eigenvalue weighted by Crippen LogP contribution is 2.29. The minimum Gasteiger partial charge on any atom is -0.492 e. The first-order chi connectivity index (χ1) is 16.4. The number of carbonyl (C=O) groups excluding carboxylic acids is 1. The molecular formula is C29H35N3O2. The summed E-state index contributed by atoms with van der Waals surface area (Å²) in [5, 5.41) is 3.09. The Hall–Kier alpha value is -3.18. The van der Waals surface area contributed by atoms with Crippen molar-refractivity contribution in [1.82, 2.24) is 15.2 Å². The Morgan fingerprint density at radius 2 is 1.79 bits per heavy atom. The molecule has 0 spiro atoms. The number of rotatable bonds is 3. The molecule has 0 fully saturated rings. The first-order valence-corrected chi connectivity index (χ1v) is 12.1. The summed E-state index contributed by atoms with van der Waals surface area (Å²) in [7, 11) is 0. The predicted molar refractivity (Wildman–Crippen MR) is 137 cm³/mol. The maximum absolute atomic E-state index is 12.8. The number of carbonyl (C=O) groups is 1. The first-order valence-electron chi connectivity index (χ1n) is 12.1. The van der Waals surface area contributed by atoms with E-state index >= 15 is 0 Å². The van der Waals surface area contributed by atoms with Crippen LogP contribution >= 0.6 is 0 Å². The molecule has 0 aliphatic carbocycles. The van der Waals surface area contributed by atoms with E-state index in [9.17, 15) is 4.79 Å². The number of hydrogen-bond acceptors (Lipinski definition) is 4. The molecule has 3 aromatic rings. The molecule has 5 nitrogen and oxygen atoms in total. The van der Waals surface area contributed by atoms with Gasteiger partial charge in [-0.1, -0.05) is 39.0 Å². The Balaban J connectivity index is 1.63. The van der Waals surface area contributed by atoms with Crippen LogP contribution in [0.2, 0.25) is 0 Å². The van der Waals surface area contributed by atoms with E-state index in [0.29, 0.717) is 25.1 Å². The van der Waals surface area contributed by atoms with Gasteiger partial charge in [0.2, 0.25) is 0 Å². The van der Waals surface area contributed by atoms with Crippen molar-refractivity contribution in [2.75, 3.05) is 32.8 Å². The standard InChI is InChI=1S/C29H35N3O2/c1-29(2,3)11-15-32-16-14-31-28(33)25-6-4-5-22(19-25)20-26-21-24(23-9-12-30-13-10-23)7-8-27(26)34-18-17-32/h4-10,12-13,19,21H,11,14-18,20H2,1-3H3,(H,31,33). The van der Waals surface area contributed by atoms with Crippen LogP contribution in [0.3, 0.4) is 0 Å². The molecule has 5 heteroatoms. The molecular weight excluding hydrogens is 422 g/mol. The van der Waals surface area contributed by atoms with Crippen LogP contribution in [-0.4, -0.2) is 48.6 Å². The Labute approximate surface area is 203 Å². The molecule has 0 saturated carbocycles. The number of aromatic nitrogens is 1. The van der Waals surface area contributed by atoms with Crippen molar-refractivity contribution in [3.63, 3.8) is 0 Å². The van der Waals surface area contributed by atoms with Crippen molar-refractivity contribution >= 4 is 5.91 Å². The average molecular weight is 458 g/mol. The lowest BCUT2D eigenvalue weighted by atomic mass is 9.92. The molecule has 0 unspecified atom stereocenters. The molecule has 178 valence electrons. The number of nitrogens with zero attached hydrogens (tertiary/aromatic N) is 2. The molecule has 2 aromatic carbocycles. The third-order valence-electron chi connectivity index (χ3n) is 6.21. The topological polar surface area (TPSA) is 54.5 Å². The van der Waals surface area contributed by atoms with Crippen LogP contribution < -0.4 is 10.1 Å². The van der Waals surface area contributed by atoms with E-state index in [0.717, 1.165) is 54.1 Å². The Kier molecular flexibility index (Phi) is 7.63. The molecule has 1 N–H and O–H groups in total. The van der Waals surface area contributed by atoms with Crippen molar-refractivity contribution in [2.45, 2.75) is 33.6 Å². The minimum atomic E-state index is -0.0170. The molecule has 0 atom stereocenters. The summed E-state index contributed by atoms with van der Waals surface area (Å²) in [5.41, 5.74) is 5.42. The first kappa shape index (κ1) is 24.0. The van der Waals surface area contributed by atoms with Gasteiger partial charge in [0.05, 0.1) is 0 Å². The van der Waals surface area contributed by atoms with E-state index in [4.69, 9.17) is 4.74 Å². The molecule has 34 heavy (non-hydrogen) atoms. The lowest BCUT2D eigenvalue weighted by Crippen LogP contribution is -2.38. The van der Waals surface area contributed by atoms with Gasteiger partial charge in [-0.25, -0.2) is 0 Å². The van der Waals surface area contributed by atoms with Gasteiger partial charge >= 0.3 is 0 Å². The third kappa shape index (κ3) is 6.67. The van der Waals surface area contributed by atoms with Gasteiger partial charge in [-0.15, -0.1) is 0 Å². The fourth-order valence-corrected chi connectivity index (χ4v) is 4.17. The minimum absolute atomic E-state index is 0.0170. The Morgan fingerprint density at radius 1 is 0.971 bits per heavy atom. The van der Waals surface area contributed by atoms with E-state index in [1.807, 2.05) is 42.7 Å². The largest absolute Gasteiger partial charge is 0.492 e. The van der Waals surface area contributed by atoms with Crippen molar-refractivity contribution < 1.29 is 9.53 Å². The SMILES string of the molecule is CC(C)(C)CCN1CCNC(=O)c2cccc(c2)Cc2cc(-c3ccncc3)ccc2OCC1. The molecule has 1 aromatic heterocycles. The van der Waals surface area contributed by atoms with Gasteiger partial charge in [-0.2, -0.15) is 0 Å². The fraction of sp³-hybridized carbons (Fsp3) is 0.379. The van der Waals surface area contributed by atoms with Crippen LogP contribution in [0.5, 0.6) is 5.75 Å². The quantitative estimate of drug-likeness (QED) is 0.587. The van der Waals surface area contributed by atoms with Crippen molar-refractivity contribution in [2.24, 2.45) is 5.41 Å². The number of nitrogens with one attached hydrogen (secondary N) is 1. The number of pyridine rings is 1. The summed E-state index contributed by atoms with van der Waals surface area (Å²) in [5.74, 6) is 0.886. The lowest BCUT2D eigenvalue weighted by Gasteiger charge is -2.27. The summed E-state index contributed by atoms with van der Waals surface area (Å²) in [6.45, 7) is 10.6. The van der Waals surface area contributed by atoms with Crippen molar-refractivity contribution in [1.29, 1.82) is 0 Å². The van der Waals surface area contributed by atoms with E-state index in [2.05, 4.69) is 60.2 Å². The van der Waals surface area contributed by atoms with Gasteiger partial charge in [0.25, 0.3) is 5.91 Å². The van der Waals surface area contributed by atoms with Crippen molar-refractivity contribution in [3.8, 4) is 16.9 Å². The number of hydrogen-bond donors (Lipinski definition) is 1. The Bertz CT molecular complexity index is 1110. The maximum Gasteiger partial charge on any atom is 0.251 e. The van der Waals surface area contributed by atoms with Crippen LogP contribution in [-0.2, 0) is 6.42 Å². The average Bonchev–Trinajstić information content (AvgIpc) is 2.82. The predicted octanol–water partition coefficient (Wildman–Crippen LogP) is 5.20. The highest BCUT2D eigenvalue weighted by Gasteiger charge is 2.16. The van der Waals surface area contributed by atoms with E-state index in [1.165, 1.54) is 0 Å². The number of benzene rings is 2. The second-order valence-electron chi connectivity index (χ2n) is 10.2. The fourth-order valence-electron chi connectivity index (χ4n) is 4.17. The molecule has 4 rings (SSSR count). The van der Waals surface area contributed by atoms with Gasteiger partial charge in [-0.3, -0.25) is 14.7 Å². The normalized spacial score (nSPS) is 15.6. The zero-order valence-electron chi connectivity index (χ0n) is 20.5. The van der Waals surface area contributed by atoms with Crippen LogP contribution in [0, 0.1) is 5.41 Å². The molecule has 1 aliphatic heterocycles. The smallest absolute Gasteiger partial charge is 0.251 e. The number of amides is 1. The second-order valence-corrected chi connectivity index (χ2v) is 10.2. The van der Waals surface area contributed by atoms with Crippen LogP contribution in [0.1, 0.15) is 48.7 Å². The van der Waals surface area contributed by atoms with Gasteiger partial charge in [0.1, 0.15) is 12.4 Å². The second kappa shape index (κ2) is 10.8. The number of fused-ring (bicyclic) bond motifs is 3. The van der Waals surface area contributed by atoms with E-state index in [1.54, 1.807) is 0 Å². The zero-order chi connectivity index (χ0) is 24.0. The summed E-state index contributed by atoms with van der Waals surface area (Å²) in [4.78, 5) is 19.3. The Morgan fingerprint density at radius 3 is 2.59 bits per heavy atom. The molecule has 2 heterocycles.